The molecule has 0 aliphatic rings. The summed E-state index contributed by atoms with van der Waals surface area (Å²) in [7, 11) is 0. The second-order valence-corrected chi connectivity index (χ2v) is 4.10. The molecule has 4 heteroatoms. The Morgan fingerprint density at radius 2 is 1.56 bits per heavy atom. The van der Waals surface area contributed by atoms with Crippen LogP contribution in [0.15, 0.2) is 30.3 Å². The Kier molecular flexibility index (Phi) is 3.19. The van der Waals surface area contributed by atoms with Gasteiger partial charge in [-0.3, -0.25) is 9.78 Å². The summed E-state index contributed by atoms with van der Waals surface area (Å²) < 4.78 is 25.9. The Bertz CT molecular complexity index is 603. The smallest absolute Gasteiger partial charge is 0.193 e. The van der Waals surface area contributed by atoms with Crippen molar-refractivity contribution in [3.05, 3.63) is 64.5 Å². The van der Waals surface area contributed by atoms with Gasteiger partial charge >= 0.3 is 0 Å². The molecule has 0 saturated carbocycles. The van der Waals surface area contributed by atoms with E-state index in [9.17, 15) is 13.6 Å². The van der Waals surface area contributed by atoms with Crippen LogP contribution in [0, 0.1) is 25.5 Å². The fraction of sp³-hybridized carbons (Fsp3) is 0.143. The first-order chi connectivity index (χ1) is 8.47. The van der Waals surface area contributed by atoms with Crippen LogP contribution in [0.5, 0.6) is 0 Å². The number of aryl methyl sites for hydroxylation is 2. The van der Waals surface area contributed by atoms with Crippen molar-refractivity contribution in [1.29, 1.82) is 0 Å². The van der Waals surface area contributed by atoms with E-state index in [4.69, 9.17) is 0 Å². The van der Waals surface area contributed by atoms with Crippen molar-refractivity contribution in [1.82, 2.24) is 4.98 Å². The number of nitrogens with zero attached hydrogens (tertiary/aromatic N) is 1. The van der Waals surface area contributed by atoms with Gasteiger partial charge in [0.05, 0.1) is 0 Å². The highest BCUT2D eigenvalue weighted by Gasteiger charge is 2.13. The van der Waals surface area contributed by atoms with Gasteiger partial charge < -0.3 is 0 Å². The van der Waals surface area contributed by atoms with Crippen LogP contribution in [0.25, 0.3) is 0 Å². The van der Waals surface area contributed by atoms with Gasteiger partial charge in [-0.15, -0.1) is 0 Å². The maximum atomic E-state index is 13.1. The van der Waals surface area contributed by atoms with Crippen LogP contribution in [0.4, 0.5) is 8.78 Å². The zero-order chi connectivity index (χ0) is 13.3. The lowest BCUT2D eigenvalue weighted by molar-refractivity contribution is 0.103. The Labute approximate surface area is 103 Å². The molecule has 2 nitrogen and oxygen atoms in total. The summed E-state index contributed by atoms with van der Waals surface area (Å²) in [5.41, 5.74) is 1.96. The van der Waals surface area contributed by atoms with Crippen molar-refractivity contribution in [2.75, 3.05) is 0 Å². The van der Waals surface area contributed by atoms with Crippen LogP contribution in [-0.2, 0) is 0 Å². The van der Waals surface area contributed by atoms with Gasteiger partial charge in [0.1, 0.15) is 0 Å². The zero-order valence-corrected chi connectivity index (χ0v) is 10.00. The Morgan fingerprint density at radius 3 is 2.11 bits per heavy atom. The van der Waals surface area contributed by atoms with Gasteiger partial charge in [0.15, 0.2) is 17.4 Å². The minimum Gasteiger partial charge on any atom is -0.289 e. The van der Waals surface area contributed by atoms with E-state index in [2.05, 4.69) is 4.98 Å². The quantitative estimate of drug-likeness (QED) is 0.763. The average molecular weight is 247 g/mol. The van der Waals surface area contributed by atoms with Crippen LogP contribution in [0.1, 0.15) is 27.3 Å². The number of aromatic nitrogens is 1. The van der Waals surface area contributed by atoms with E-state index in [0.717, 1.165) is 12.1 Å². The number of ketones is 1. The average Bonchev–Trinajstić information content (AvgIpc) is 2.30. The van der Waals surface area contributed by atoms with Gasteiger partial charge in [0.25, 0.3) is 0 Å². The SMILES string of the molecule is Cc1cc(C(=O)c2ccc(F)c(F)c2)cc(C)n1. The molecular formula is C14H11F2NO. The van der Waals surface area contributed by atoms with E-state index < -0.39 is 11.6 Å². The molecule has 92 valence electrons. The first kappa shape index (κ1) is 12.4. The summed E-state index contributed by atoms with van der Waals surface area (Å²) in [5.74, 6) is -2.33. The summed E-state index contributed by atoms with van der Waals surface area (Å²) in [4.78, 5) is 16.3. The lowest BCUT2D eigenvalue weighted by atomic mass is 10.0. The highest BCUT2D eigenvalue weighted by atomic mass is 19.2. The van der Waals surface area contributed by atoms with Crippen LogP contribution < -0.4 is 0 Å². The molecule has 0 spiro atoms. The normalized spacial score (nSPS) is 10.4. The van der Waals surface area contributed by atoms with Crippen molar-refractivity contribution in [3.63, 3.8) is 0 Å². The predicted octanol–water partition coefficient (Wildman–Crippen LogP) is 3.21. The van der Waals surface area contributed by atoms with Crippen LogP contribution >= 0.6 is 0 Å². The number of carbonyl (C=O) groups is 1. The molecule has 1 heterocycles. The van der Waals surface area contributed by atoms with Crippen LogP contribution in [0.2, 0.25) is 0 Å². The number of carbonyl (C=O) groups excluding carboxylic acids is 1. The second kappa shape index (κ2) is 4.64. The van der Waals surface area contributed by atoms with Crippen molar-refractivity contribution in [3.8, 4) is 0 Å². The number of halogens is 2. The van der Waals surface area contributed by atoms with E-state index in [1.165, 1.54) is 6.07 Å². The summed E-state index contributed by atoms with van der Waals surface area (Å²) in [6.07, 6.45) is 0. The fourth-order valence-corrected chi connectivity index (χ4v) is 1.77. The number of benzene rings is 1. The Balaban J connectivity index is 2.44. The number of hydrogen-bond acceptors (Lipinski definition) is 2. The zero-order valence-electron chi connectivity index (χ0n) is 10.00. The largest absolute Gasteiger partial charge is 0.289 e. The Hall–Kier alpha value is -2.10. The lowest BCUT2D eigenvalue weighted by Gasteiger charge is -2.04. The highest BCUT2D eigenvalue weighted by molar-refractivity contribution is 6.09. The minimum absolute atomic E-state index is 0.124. The molecule has 0 unspecified atom stereocenters. The Morgan fingerprint density at radius 1 is 0.944 bits per heavy atom. The lowest BCUT2D eigenvalue weighted by Crippen LogP contribution is -2.04. The van der Waals surface area contributed by atoms with Crippen LogP contribution in [0.3, 0.4) is 0 Å². The summed E-state index contributed by atoms with van der Waals surface area (Å²) in [6.45, 7) is 3.55. The molecular weight excluding hydrogens is 236 g/mol. The standard InChI is InChI=1S/C14H11F2NO/c1-8-5-11(6-9(2)17-8)14(18)10-3-4-12(15)13(16)7-10/h3-7H,1-2H3. The van der Waals surface area contributed by atoms with E-state index in [1.807, 2.05) is 0 Å². The van der Waals surface area contributed by atoms with Gasteiger partial charge in [0.2, 0.25) is 0 Å². The number of hydrogen-bond donors (Lipinski definition) is 0. The van der Waals surface area contributed by atoms with Crippen molar-refractivity contribution < 1.29 is 13.6 Å². The van der Waals surface area contributed by atoms with E-state index in [-0.39, 0.29) is 11.3 Å². The molecule has 0 N–H and O–H groups in total. The maximum Gasteiger partial charge on any atom is 0.193 e. The first-order valence-electron chi connectivity index (χ1n) is 5.42. The van der Waals surface area contributed by atoms with E-state index in [1.54, 1.807) is 26.0 Å². The minimum atomic E-state index is -1.02. The summed E-state index contributed by atoms with van der Waals surface area (Å²) in [5, 5.41) is 0. The van der Waals surface area contributed by atoms with Crippen molar-refractivity contribution >= 4 is 5.78 Å². The fourth-order valence-electron chi connectivity index (χ4n) is 1.77. The molecule has 0 aliphatic carbocycles. The third-order valence-electron chi connectivity index (χ3n) is 2.53. The molecule has 2 rings (SSSR count). The molecule has 0 amide bonds. The monoisotopic (exact) mass is 247 g/mol. The molecule has 0 aliphatic heterocycles. The van der Waals surface area contributed by atoms with E-state index >= 15 is 0 Å². The molecule has 1 aromatic carbocycles. The molecule has 0 atom stereocenters. The van der Waals surface area contributed by atoms with Gasteiger partial charge in [0, 0.05) is 22.5 Å². The highest BCUT2D eigenvalue weighted by Crippen LogP contribution is 2.15. The summed E-state index contributed by atoms with van der Waals surface area (Å²) in [6, 6.07) is 6.37. The third-order valence-corrected chi connectivity index (χ3v) is 2.53. The first-order valence-corrected chi connectivity index (χ1v) is 5.42. The molecule has 18 heavy (non-hydrogen) atoms. The third kappa shape index (κ3) is 2.42. The molecule has 2 aromatic rings. The molecule has 0 saturated heterocycles. The van der Waals surface area contributed by atoms with E-state index in [0.29, 0.717) is 17.0 Å². The molecule has 0 radical (unpaired) electrons. The van der Waals surface area contributed by atoms with Gasteiger partial charge in [-0.1, -0.05) is 0 Å². The number of rotatable bonds is 2. The summed E-state index contributed by atoms with van der Waals surface area (Å²) >= 11 is 0. The van der Waals surface area contributed by atoms with Gasteiger partial charge in [-0.2, -0.15) is 0 Å². The van der Waals surface area contributed by atoms with Crippen LogP contribution in [-0.4, -0.2) is 10.8 Å². The molecule has 0 fully saturated rings. The topological polar surface area (TPSA) is 30.0 Å². The van der Waals surface area contributed by atoms with Crippen molar-refractivity contribution in [2.45, 2.75) is 13.8 Å². The molecule has 0 bridgehead atoms. The predicted molar refractivity (Wildman–Crippen MR) is 63.5 cm³/mol. The van der Waals surface area contributed by atoms with Gasteiger partial charge in [-0.25, -0.2) is 8.78 Å². The molecule has 1 aromatic heterocycles. The maximum absolute atomic E-state index is 13.1. The number of pyridine rings is 1. The second-order valence-electron chi connectivity index (χ2n) is 4.10. The van der Waals surface area contributed by atoms with Crippen molar-refractivity contribution in [2.24, 2.45) is 0 Å². The van der Waals surface area contributed by atoms with Gasteiger partial charge in [-0.05, 0) is 44.2 Å².